The lowest BCUT2D eigenvalue weighted by atomic mass is 9.90. The van der Waals surface area contributed by atoms with E-state index in [0.717, 1.165) is 6.08 Å². The molecule has 0 spiro atoms. The molecule has 0 aromatic rings. The van der Waals surface area contributed by atoms with Gasteiger partial charge in [0.25, 0.3) is 0 Å². The number of hydrogen-bond donors (Lipinski definition) is 1. The summed E-state index contributed by atoms with van der Waals surface area (Å²) in [6, 6.07) is 0. The molecule has 0 amide bonds. The van der Waals surface area contributed by atoms with Crippen molar-refractivity contribution in [1.82, 2.24) is 0 Å². The summed E-state index contributed by atoms with van der Waals surface area (Å²) >= 11 is 0. The highest BCUT2D eigenvalue weighted by atomic mass is 16.4. The molecule has 4 nitrogen and oxygen atoms in total. The minimum absolute atomic E-state index is 0.147. The lowest BCUT2D eigenvalue weighted by molar-refractivity contribution is -0.146. The molecule has 0 bridgehead atoms. The molecule has 0 rings (SSSR count). The van der Waals surface area contributed by atoms with Gasteiger partial charge in [-0.25, -0.2) is 0 Å². The Morgan fingerprint density at radius 3 is 1.61 bits per heavy atom. The minimum Gasteiger partial charge on any atom is -0.481 e. The molecule has 0 radical (unpaired) electrons. The van der Waals surface area contributed by atoms with Gasteiger partial charge in [0.15, 0.2) is 11.6 Å². The van der Waals surface area contributed by atoms with Crippen LogP contribution < -0.4 is 0 Å². The van der Waals surface area contributed by atoms with Gasteiger partial charge in [-0.05, 0) is 24.0 Å². The van der Waals surface area contributed by atoms with E-state index in [0.29, 0.717) is 0 Å². The summed E-state index contributed by atoms with van der Waals surface area (Å²) in [5, 5.41) is 8.94. The summed E-state index contributed by atoms with van der Waals surface area (Å²) in [5.74, 6) is -3.17. The summed E-state index contributed by atoms with van der Waals surface area (Å²) in [4.78, 5) is 34.3. The van der Waals surface area contributed by atoms with Crippen molar-refractivity contribution >= 4 is 17.5 Å². The van der Waals surface area contributed by atoms with E-state index >= 15 is 0 Å². The number of carbonyl (C=O) groups excluding carboxylic acids is 2. The molecule has 0 unspecified atom stereocenters. The predicted octanol–water partition coefficient (Wildman–Crippen LogP) is 2.33. The first-order chi connectivity index (χ1) is 8.18. The number of rotatable bonds is 7. The number of carboxylic acid groups (broad SMARTS) is 1. The van der Waals surface area contributed by atoms with Crippen molar-refractivity contribution < 1.29 is 19.5 Å². The van der Waals surface area contributed by atoms with Crippen molar-refractivity contribution in [3.63, 3.8) is 0 Å². The minimum atomic E-state index is -1.15. The normalized spacial score (nSPS) is 15.1. The average Bonchev–Trinajstić information content (AvgIpc) is 2.23. The first-order valence-electron chi connectivity index (χ1n) is 6.17. The largest absolute Gasteiger partial charge is 0.481 e. The predicted molar refractivity (Wildman–Crippen MR) is 69.1 cm³/mol. The van der Waals surface area contributed by atoms with Crippen molar-refractivity contribution in [2.75, 3.05) is 0 Å². The third kappa shape index (κ3) is 4.82. The summed E-state index contributed by atoms with van der Waals surface area (Å²) in [6.07, 6.45) is 2.30. The van der Waals surface area contributed by atoms with Gasteiger partial charge in [-0.15, -0.1) is 0 Å². The van der Waals surface area contributed by atoms with Crippen LogP contribution in [0.15, 0.2) is 12.2 Å². The zero-order chi connectivity index (χ0) is 14.5. The van der Waals surface area contributed by atoms with Gasteiger partial charge in [-0.1, -0.05) is 34.6 Å². The molecule has 4 heteroatoms. The quantitative estimate of drug-likeness (QED) is 0.559. The monoisotopic (exact) mass is 254 g/mol. The van der Waals surface area contributed by atoms with Crippen molar-refractivity contribution in [1.29, 1.82) is 0 Å². The molecule has 102 valence electrons. The summed E-state index contributed by atoms with van der Waals surface area (Å²) in [6.45, 7) is 8.98. The maximum absolute atomic E-state index is 11.7. The second-order valence-electron chi connectivity index (χ2n) is 5.23. The van der Waals surface area contributed by atoms with E-state index in [9.17, 15) is 14.4 Å². The first-order valence-corrected chi connectivity index (χ1v) is 6.17. The Morgan fingerprint density at radius 2 is 1.28 bits per heavy atom. The zero-order valence-electron chi connectivity index (χ0n) is 11.6. The van der Waals surface area contributed by atoms with E-state index in [2.05, 4.69) is 0 Å². The number of ketones is 2. The smallest absolute Gasteiger partial charge is 0.314 e. The van der Waals surface area contributed by atoms with Crippen molar-refractivity contribution in [3.05, 3.63) is 12.2 Å². The number of carboxylic acids is 1. The van der Waals surface area contributed by atoms with Gasteiger partial charge in [-0.3, -0.25) is 14.4 Å². The van der Waals surface area contributed by atoms with Crippen molar-refractivity contribution in [2.24, 2.45) is 23.7 Å². The number of aliphatic carboxylic acids is 1. The van der Waals surface area contributed by atoms with E-state index in [4.69, 9.17) is 5.11 Å². The zero-order valence-corrected chi connectivity index (χ0v) is 11.6. The Morgan fingerprint density at radius 1 is 0.833 bits per heavy atom. The van der Waals surface area contributed by atoms with Crippen LogP contribution in [-0.2, 0) is 14.4 Å². The molecule has 0 saturated heterocycles. The van der Waals surface area contributed by atoms with Crippen LogP contribution in [-0.4, -0.2) is 22.6 Å². The molecule has 1 N–H and O–H groups in total. The molecule has 0 aliphatic heterocycles. The van der Waals surface area contributed by atoms with Gasteiger partial charge in [0.1, 0.15) is 5.92 Å². The first kappa shape index (κ1) is 16.6. The van der Waals surface area contributed by atoms with Gasteiger partial charge in [0.05, 0.1) is 0 Å². The average molecular weight is 254 g/mol. The van der Waals surface area contributed by atoms with Gasteiger partial charge < -0.3 is 5.11 Å². The molecule has 0 aromatic carbocycles. The van der Waals surface area contributed by atoms with Crippen LogP contribution in [0.1, 0.15) is 34.6 Å². The highest BCUT2D eigenvalue weighted by Crippen LogP contribution is 2.15. The summed E-state index contributed by atoms with van der Waals surface area (Å²) in [5.41, 5.74) is 0. The third-order valence-electron chi connectivity index (χ3n) is 3.10. The Hall–Kier alpha value is -1.45. The van der Waals surface area contributed by atoms with Gasteiger partial charge in [-0.2, -0.15) is 0 Å². The lowest BCUT2D eigenvalue weighted by Crippen LogP contribution is -2.27. The molecule has 0 fully saturated rings. The van der Waals surface area contributed by atoms with Crippen molar-refractivity contribution in [3.8, 4) is 0 Å². The topological polar surface area (TPSA) is 71.4 Å². The van der Waals surface area contributed by atoms with Crippen LogP contribution in [0.25, 0.3) is 0 Å². The molecule has 18 heavy (non-hydrogen) atoms. The van der Waals surface area contributed by atoms with E-state index in [1.165, 1.54) is 6.08 Å². The summed E-state index contributed by atoms with van der Waals surface area (Å²) in [7, 11) is 0. The van der Waals surface area contributed by atoms with Crippen LogP contribution in [0, 0.1) is 23.7 Å². The fourth-order valence-corrected chi connectivity index (χ4v) is 1.48. The fraction of sp³-hybridized carbons (Fsp3) is 0.643. The number of allylic oxidation sites excluding steroid dienone is 2. The molecule has 2 atom stereocenters. The molecular weight excluding hydrogens is 232 g/mol. The molecule has 0 heterocycles. The second-order valence-corrected chi connectivity index (χ2v) is 5.23. The van der Waals surface area contributed by atoms with E-state index in [-0.39, 0.29) is 23.5 Å². The van der Waals surface area contributed by atoms with Gasteiger partial charge in [0.2, 0.25) is 0 Å². The SMILES string of the molecule is CC(C)[C@H](C(=O)O)C(=O)/C=C/C(=O)[C@@H](C)C(C)C. The molecule has 0 saturated carbocycles. The molecular formula is C14H22O4. The highest BCUT2D eigenvalue weighted by Gasteiger charge is 2.27. The van der Waals surface area contributed by atoms with E-state index in [1.807, 2.05) is 13.8 Å². The van der Waals surface area contributed by atoms with Gasteiger partial charge in [0, 0.05) is 5.92 Å². The number of hydrogen-bond acceptors (Lipinski definition) is 3. The second kappa shape index (κ2) is 7.09. The third-order valence-corrected chi connectivity index (χ3v) is 3.10. The van der Waals surface area contributed by atoms with Crippen LogP contribution in [0.2, 0.25) is 0 Å². The van der Waals surface area contributed by atoms with Crippen LogP contribution in [0.4, 0.5) is 0 Å². The molecule has 0 aliphatic carbocycles. The van der Waals surface area contributed by atoms with Crippen LogP contribution in [0.5, 0.6) is 0 Å². The Balaban J connectivity index is 4.74. The highest BCUT2D eigenvalue weighted by molar-refractivity contribution is 6.07. The van der Waals surface area contributed by atoms with Gasteiger partial charge >= 0.3 is 5.97 Å². The molecule has 0 aromatic heterocycles. The Labute approximate surface area is 108 Å². The standard InChI is InChI=1S/C14H22O4/c1-8(2)10(5)11(15)6-7-12(16)13(9(3)4)14(17)18/h6-10,13H,1-5H3,(H,17,18)/b7-6+/t10-,13-/m0/s1. The lowest BCUT2D eigenvalue weighted by Gasteiger charge is -2.13. The summed E-state index contributed by atoms with van der Waals surface area (Å²) < 4.78 is 0. The van der Waals surface area contributed by atoms with Crippen LogP contribution >= 0.6 is 0 Å². The van der Waals surface area contributed by atoms with E-state index < -0.39 is 17.7 Å². The fourth-order valence-electron chi connectivity index (χ4n) is 1.48. The van der Waals surface area contributed by atoms with Crippen molar-refractivity contribution in [2.45, 2.75) is 34.6 Å². The Bertz CT molecular complexity index is 353. The number of carbonyl (C=O) groups is 3. The van der Waals surface area contributed by atoms with Crippen LogP contribution in [0.3, 0.4) is 0 Å². The Kier molecular flexibility index (Phi) is 6.52. The molecule has 0 aliphatic rings. The van der Waals surface area contributed by atoms with E-state index in [1.54, 1.807) is 20.8 Å². The maximum Gasteiger partial charge on any atom is 0.314 e. The maximum atomic E-state index is 11.7.